The van der Waals surface area contributed by atoms with E-state index in [1.807, 2.05) is 0 Å². The van der Waals surface area contributed by atoms with Crippen molar-refractivity contribution < 1.29 is 9.85 Å². The van der Waals surface area contributed by atoms with Gasteiger partial charge in [0.2, 0.25) is 0 Å². The number of non-ortho nitro benzene ring substituents is 2. The second-order valence-corrected chi connectivity index (χ2v) is 3.69. The van der Waals surface area contributed by atoms with E-state index in [4.69, 9.17) is 11.5 Å². The van der Waals surface area contributed by atoms with Crippen molar-refractivity contribution in [3.63, 3.8) is 0 Å². The van der Waals surface area contributed by atoms with E-state index in [1.54, 1.807) is 0 Å². The maximum atomic E-state index is 10.9. The van der Waals surface area contributed by atoms with Gasteiger partial charge in [0, 0.05) is 23.5 Å². The molecule has 4 N–H and O–H groups in total. The van der Waals surface area contributed by atoms with Crippen molar-refractivity contribution >= 4 is 33.5 Å². The van der Waals surface area contributed by atoms with Gasteiger partial charge in [-0.15, -0.1) is 0 Å². The van der Waals surface area contributed by atoms with Crippen LogP contribution in [0, 0.1) is 20.2 Å². The summed E-state index contributed by atoms with van der Waals surface area (Å²) in [6.45, 7) is 0. The highest BCUT2D eigenvalue weighted by Gasteiger charge is 2.20. The summed E-state index contributed by atoms with van der Waals surface area (Å²) < 4.78 is 0. The molecule has 8 nitrogen and oxygen atoms in total. The third kappa shape index (κ3) is 1.75. The number of benzene rings is 2. The van der Waals surface area contributed by atoms with Gasteiger partial charge < -0.3 is 11.5 Å². The second-order valence-electron chi connectivity index (χ2n) is 3.69. The summed E-state index contributed by atoms with van der Waals surface area (Å²) in [5.41, 5.74) is 10.6. The van der Waals surface area contributed by atoms with Crippen LogP contribution in [0.5, 0.6) is 0 Å². The lowest BCUT2D eigenvalue weighted by Gasteiger charge is -2.04. The number of fused-ring (bicyclic) bond motifs is 1. The first-order valence-electron chi connectivity index (χ1n) is 4.81. The number of nitrogens with zero attached hydrogens (tertiary/aromatic N) is 2. The number of hydrogen-bond donors (Lipinski definition) is 2. The van der Waals surface area contributed by atoms with Gasteiger partial charge in [0.1, 0.15) is 0 Å². The summed E-state index contributed by atoms with van der Waals surface area (Å²) in [6, 6.07) is 4.93. The number of rotatable bonds is 2. The molecule has 92 valence electrons. The van der Waals surface area contributed by atoms with Crippen LogP contribution in [0.2, 0.25) is 0 Å². The first-order valence-corrected chi connectivity index (χ1v) is 4.81. The normalized spacial score (nSPS) is 10.4. The van der Waals surface area contributed by atoms with Crippen LogP contribution in [0.15, 0.2) is 24.3 Å². The van der Waals surface area contributed by atoms with E-state index in [0.29, 0.717) is 0 Å². The van der Waals surface area contributed by atoms with Gasteiger partial charge in [-0.25, -0.2) is 0 Å². The summed E-state index contributed by atoms with van der Waals surface area (Å²) in [5.74, 6) is 0. The van der Waals surface area contributed by atoms with Crippen LogP contribution in [0.1, 0.15) is 0 Å². The molecule has 0 saturated heterocycles. The van der Waals surface area contributed by atoms with Crippen LogP contribution >= 0.6 is 0 Å². The van der Waals surface area contributed by atoms with Crippen molar-refractivity contribution in [2.45, 2.75) is 0 Å². The Morgan fingerprint density at radius 1 is 0.778 bits per heavy atom. The van der Waals surface area contributed by atoms with E-state index in [-0.39, 0.29) is 33.5 Å². The summed E-state index contributed by atoms with van der Waals surface area (Å²) >= 11 is 0. The Hall–Kier alpha value is -2.90. The number of anilines is 2. The summed E-state index contributed by atoms with van der Waals surface area (Å²) in [7, 11) is 0. The number of nitro benzene ring substituents is 2. The lowest BCUT2D eigenvalue weighted by Crippen LogP contribution is -1.98. The monoisotopic (exact) mass is 248 g/mol. The Labute approximate surface area is 100 Å². The van der Waals surface area contributed by atoms with Crippen molar-refractivity contribution in [1.29, 1.82) is 0 Å². The van der Waals surface area contributed by atoms with Crippen LogP contribution < -0.4 is 11.5 Å². The third-order valence-electron chi connectivity index (χ3n) is 2.46. The van der Waals surface area contributed by atoms with Gasteiger partial charge in [-0.3, -0.25) is 20.2 Å². The van der Waals surface area contributed by atoms with Crippen LogP contribution in [-0.2, 0) is 0 Å². The molecule has 0 amide bonds. The van der Waals surface area contributed by atoms with Crippen LogP contribution in [0.4, 0.5) is 22.7 Å². The van der Waals surface area contributed by atoms with E-state index in [0.717, 1.165) is 12.1 Å². The van der Waals surface area contributed by atoms with Gasteiger partial charge in [0.15, 0.2) is 0 Å². The summed E-state index contributed by atoms with van der Waals surface area (Å²) in [6.07, 6.45) is 0. The fourth-order valence-corrected chi connectivity index (χ4v) is 1.77. The average Bonchev–Trinajstić information content (AvgIpc) is 2.27. The van der Waals surface area contributed by atoms with Crippen LogP contribution in [0.3, 0.4) is 0 Å². The molecular formula is C10H8N4O4. The predicted molar refractivity (Wildman–Crippen MR) is 66.1 cm³/mol. The van der Waals surface area contributed by atoms with Crippen molar-refractivity contribution in [3.8, 4) is 0 Å². The quantitative estimate of drug-likeness (QED) is 0.472. The zero-order chi connectivity index (χ0) is 13.4. The largest absolute Gasteiger partial charge is 0.399 e. The van der Waals surface area contributed by atoms with Gasteiger partial charge >= 0.3 is 0 Å². The molecule has 2 aromatic carbocycles. The maximum absolute atomic E-state index is 10.9. The highest BCUT2D eigenvalue weighted by Crippen LogP contribution is 2.36. The summed E-state index contributed by atoms with van der Waals surface area (Å²) in [4.78, 5) is 20.5. The second kappa shape index (κ2) is 3.84. The molecule has 0 unspecified atom stereocenters. The molecule has 0 aromatic heterocycles. The standard InChI is InChI=1S/C10H8N4O4/c11-5-1-7-8(10(3-5)14(17)18)2-6(12)4-9(7)13(15)16/h1-4H,11-12H2. The molecule has 2 rings (SSSR count). The Bertz CT molecular complexity index is 624. The number of nitrogen functional groups attached to an aromatic ring is 2. The maximum Gasteiger partial charge on any atom is 0.279 e. The minimum Gasteiger partial charge on any atom is -0.399 e. The highest BCUT2D eigenvalue weighted by molar-refractivity contribution is 6.01. The molecule has 18 heavy (non-hydrogen) atoms. The minimum absolute atomic E-state index is 0.0853. The molecule has 0 bridgehead atoms. The molecule has 0 aliphatic rings. The number of nitro groups is 2. The smallest absolute Gasteiger partial charge is 0.279 e. The SMILES string of the molecule is Nc1cc([N+](=O)[O-])c2cc(N)cc([N+](=O)[O-])c2c1. The molecular weight excluding hydrogens is 240 g/mol. The van der Waals surface area contributed by atoms with Gasteiger partial charge in [0.25, 0.3) is 11.4 Å². The average molecular weight is 248 g/mol. The van der Waals surface area contributed by atoms with Gasteiger partial charge in [-0.05, 0) is 12.1 Å². The van der Waals surface area contributed by atoms with Crippen molar-refractivity contribution in [1.82, 2.24) is 0 Å². The van der Waals surface area contributed by atoms with E-state index >= 15 is 0 Å². The topological polar surface area (TPSA) is 138 Å². The molecule has 0 heterocycles. The lowest BCUT2D eigenvalue weighted by atomic mass is 10.0. The fraction of sp³-hybridized carbons (Fsp3) is 0. The Morgan fingerprint density at radius 2 is 1.11 bits per heavy atom. The van der Waals surface area contributed by atoms with Gasteiger partial charge in [0.05, 0.1) is 20.6 Å². The van der Waals surface area contributed by atoms with Crippen molar-refractivity contribution in [2.75, 3.05) is 11.5 Å². The van der Waals surface area contributed by atoms with Gasteiger partial charge in [-0.2, -0.15) is 0 Å². The molecule has 0 aliphatic carbocycles. The fourth-order valence-electron chi connectivity index (χ4n) is 1.77. The zero-order valence-corrected chi connectivity index (χ0v) is 8.99. The Balaban J connectivity index is 2.98. The molecule has 0 saturated carbocycles. The zero-order valence-electron chi connectivity index (χ0n) is 8.99. The molecule has 8 heteroatoms. The lowest BCUT2D eigenvalue weighted by molar-refractivity contribution is -0.384. The molecule has 0 fully saturated rings. The van der Waals surface area contributed by atoms with Crippen molar-refractivity contribution in [3.05, 3.63) is 44.5 Å². The highest BCUT2D eigenvalue weighted by atomic mass is 16.6. The van der Waals surface area contributed by atoms with E-state index in [2.05, 4.69) is 0 Å². The van der Waals surface area contributed by atoms with E-state index < -0.39 is 9.85 Å². The molecule has 0 spiro atoms. The number of nitrogens with two attached hydrogens (primary N) is 2. The van der Waals surface area contributed by atoms with E-state index in [1.165, 1.54) is 12.1 Å². The molecule has 2 aromatic rings. The van der Waals surface area contributed by atoms with E-state index in [9.17, 15) is 20.2 Å². The Morgan fingerprint density at radius 3 is 1.39 bits per heavy atom. The molecule has 0 atom stereocenters. The number of hydrogen-bond acceptors (Lipinski definition) is 6. The predicted octanol–water partition coefficient (Wildman–Crippen LogP) is 1.82. The first kappa shape index (κ1) is 11.6. The molecule has 0 aliphatic heterocycles. The Kier molecular flexibility index (Phi) is 2.47. The van der Waals surface area contributed by atoms with Crippen LogP contribution in [-0.4, -0.2) is 9.85 Å². The first-order chi connectivity index (χ1) is 8.40. The third-order valence-corrected chi connectivity index (χ3v) is 2.46. The molecule has 0 radical (unpaired) electrons. The summed E-state index contributed by atoms with van der Waals surface area (Å²) in [5, 5.41) is 22.0. The van der Waals surface area contributed by atoms with Crippen molar-refractivity contribution in [2.24, 2.45) is 0 Å². The minimum atomic E-state index is -0.651. The van der Waals surface area contributed by atoms with Gasteiger partial charge in [-0.1, -0.05) is 0 Å². The van der Waals surface area contributed by atoms with Crippen LogP contribution in [0.25, 0.3) is 10.8 Å².